The lowest BCUT2D eigenvalue weighted by molar-refractivity contribution is -0.136. The predicted molar refractivity (Wildman–Crippen MR) is 73.5 cm³/mol. The number of hydrogen-bond acceptors (Lipinski definition) is 5. The summed E-state index contributed by atoms with van der Waals surface area (Å²) < 4.78 is 27.7. The van der Waals surface area contributed by atoms with E-state index in [0.29, 0.717) is 19.7 Å². The molecule has 2 atom stereocenters. The lowest BCUT2D eigenvalue weighted by atomic mass is 10.1. The summed E-state index contributed by atoms with van der Waals surface area (Å²) in [4.78, 5) is 13.8. The van der Waals surface area contributed by atoms with Gasteiger partial charge in [-0.15, -0.1) is 0 Å². The summed E-state index contributed by atoms with van der Waals surface area (Å²) in [5.41, 5.74) is 5.78. The maximum absolute atomic E-state index is 12.1. The molecule has 0 saturated carbocycles. The van der Waals surface area contributed by atoms with Crippen LogP contribution in [0.1, 0.15) is 26.2 Å². The van der Waals surface area contributed by atoms with Gasteiger partial charge in [0.2, 0.25) is 5.91 Å². The van der Waals surface area contributed by atoms with Crippen LogP contribution < -0.4 is 5.73 Å². The highest BCUT2D eigenvalue weighted by molar-refractivity contribution is 7.90. The second kappa shape index (κ2) is 7.21. The van der Waals surface area contributed by atoms with Crippen LogP contribution in [0.15, 0.2) is 0 Å². The summed E-state index contributed by atoms with van der Waals surface area (Å²) in [6, 6.07) is -0.741. The molecular weight excluding hydrogens is 268 g/mol. The third-order valence-corrected chi connectivity index (χ3v) is 4.19. The number of carbonyl (C=O) groups is 1. The minimum absolute atomic E-state index is 0.0529. The third-order valence-electron chi connectivity index (χ3n) is 3.21. The molecule has 0 aliphatic carbocycles. The van der Waals surface area contributed by atoms with Crippen molar-refractivity contribution in [2.24, 2.45) is 5.73 Å². The molecule has 19 heavy (non-hydrogen) atoms. The number of nitrogens with zero attached hydrogens (tertiary/aromatic N) is 1. The molecule has 0 aromatic rings. The molecule has 7 heteroatoms. The van der Waals surface area contributed by atoms with Crippen molar-refractivity contribution in [1.82, 2.24) is 4.90 Å². The predicted octanol–water partition coefficient (Wildman–Crippen LogP) is -0.224. The zero-order chi connectivity index (χ0) is 14.5. The van der Waals surface area contributed by atoms with E-state index in [4.69, 9.17) is 10.5 Å². The van der Waals surface area contributed by atoms with Crippen molar-refractivity contribution in [3.8, 4) is 0 Å². The van der Waals surface area contributed by atoms with Crippen molar-refractivity contribution >= 4 is 15.7 Å². The maximum atomic E-state index is 12.1. The van der Waals surface area contributed by atoms with Crippen LogP contribution >= 0.6 is 0 Å². The first-order valence-corrected chi connectivity index (χ1v) is 8.73. The molecule has 2 unspecified atom stereocenters. The van der Waals surface area contributed by atoms with Crippen molar-refractivity contribution in [3.05, 3.63) is 0 Å². The largest absolute Gasteiger partial charge is 0.377 e. The molecule has 0 aromatic carbocycles. The highest BCUT2D eigenvalue weighted by atomic mass is 32.2. The zero-order valence-electron chi connectivity index (χ0n) is 11.7. The second-order valence-electron chi connectivity index (χ2n) is 5.03. The van der Waals surface area contributed by atoms with Gasteiger partial charge < -0.3 is 15.4 Å². The summed E-state index contributed by atoms with van der Waals surface area (Å²) in [5, 5.41) is 0. The molecule has 1 fully saturated rings. The van der Waals surface area contributed by atoms with Gasteiger partial charge in [0.25, 0.3) is 0 Å². The zero-order valence-corrected chi connectivity index (χ0v) is 12.5. The first kappa shape index (κ1) is 16.4. The smallest absolute Gasteiger partial charge is 0.239 e. The van der Waals surface area contributed by atoms with Crippen LogP contribution in [-0.4, -0.2) is 63.1 Å². The average Bonchev–Trinajstić information content (AvgIpc) is 2.35. The summed E-state index contributed by atoms with van der Waals surface area (Å²) in [6.07, 6.45) is 3.25. The SMILES string of the molecule is CCOC1CCCN(C(=O)C(N)CCS(C)(=O)=O)C1. The fraction of sp³-hybridized carbons (Fsp3) is 0.917. The first-order chi connectivity index (χ1) is 8.83. The molecule has 0 radical (unpaired) electrons. The summed E-state index contributed by atoms with van der Waals surface area (Å²) in [5.74, 6) is -0.226. The van der Waals surface area contributed by atoms with Gasteiger partial charge in [-0.2, -0.15) is 0 Å². The molecule has 0 bridgehead atoms. The lowest BCUT2D eigenvalue weighted by Crippen LogP contribution is -2.50. The van der Waals surface area contributed by atoms with Crippen LogP contribution in [0.2, 0.25) is 0 Å². The van der Waals surface area contributed by atoms with Gasteiger partial charge in [-0.3, -0.25) is 4.79 Å². The van der Waals surface area contributed by atoms with Crippen molar-refractivity contribution in [1.29, 1.82) is 0 Å². The van der Waals surface area contributed by atoms with E-state index in [9.17, 15) is 13.2 Å². The Morgan fingerprint density at radius 1 is 1.53 bits per heavy atom. The van der Waals surface area contributed by atoms with Crippen LogP contribution in [-0.2, 0) is 19.4 Å². The van der Waals surface area contributed by atoms with Gasteiger partial charge in [0.15, 0.2) is 0 Å². The number of carbonyl (C=O) groups excluding carboxylic acids is 1. The van der Waals surface area contributed by atoms with Gasteiger partial charge >= 0.3 is 0 Å². The number of hydrogen-bond donors (Lipinski definition) is 1. The van der Waals surface area contributed by atoms with E-state index in [1.165, 1.54) is 0 Å². The number of nitrogens with two attached hydrogens (primary N) is 1. The highest BCUT2D eigenvalue weighted by Gasteiger charge is 2.27. The molecule has 1 aliphatic heterocycles. The Bertz CT molecular complexity index is 395. The molecule has 2 N–H and O–H groups in total. The topological polar surface area (TPSA) is 89.7 Å². The van der Waals surface area contributed by atoms with Crippen molar-refractivity contribution in [2.75, 3.05) is 31.7 Å². The third kappa shape index (κ3) is 5.88. The molecule has 1 heterocycles. The van der Waals surface area contributed by atoms with Gasteiger partial charge in [-0.1, -0.05) is 0 Å². The minimum atomic E-state index is -3.08. The van der Waals surface area contributed by atoms with Crippen LogP contribution in [0.4, 0.5) is 0 Å². The van der Waals surface area contributed by atoms with Gasteiger partial charge in [0, 0.05) is 26.0 Å². The number of piperidine rings is 1. The van der Waals surface area contributed by atoms with E-state index in [1.807, 2.05) is 6.92 Å². The van der Waals surface area contributed by atoms with Crippen molar-refractivity contribution in [2.45, 2.75) is 38.3 Å². The number of ether oxygens (including phenoxy) is 1. The highest BCUT2D eigenvalue weighted by Crippen LogP contribution is 2.14. The molecular formula is C12H24N2O4S. The second-order valence-corrected chi connectivity index (χ2v) is 7.29. The Morgan fingerprint density at radius 2 is 2.21 bits per heavy atom. The van der Waals surface area contributed by atoms with E-state index >= 15 is 0 Å². The number of likely N-dealkylation sites (tertiary alicyclic amines) is 1. The van der Waals surface area contributed by atoms with E-state index in [1.54, 1.807) is 4.90 Å². The molecule has 6 nitrogen and oxygen atoms in total. The minimum Gasteiger partial charge on any atom is -0.377 e. The van der Waals surface area contributed by atoms with E-state index in [0.717, 1.165) is 19.1 Å². The van der Waals surface area contributed by atoms with Gasteiger partial charge in [0.1, 0.15) is 9.84 Å². The molecule has 1 amide bonds. The molecule has 0 spiro atoms. The normalized spacial score (nSPS) is 22.3. The van der Waals surface area contributed by atoms with Crippen LogP contribution in [0.5, 0.6) is 0 Å². The summed E-state index contributed by atoms with van der Waals surface area (Å²) in [6.45, 7) is 3.79. The number of rotatable bonds is 6. The van der Waals surface area contributed by atoms with E-state index in [-0.39, 0.29) is 24.2 Å². The standard InChI is InChI=1S/C12H24N2O4S/c1-3-18-10-5-4-7-14(9-10)12(15)11(13)6-8-19(2,16)17/h10-11H,3-9,13H2,1-2H3. The molecule has 0 aromatic heterocycles. The fourth-order valence-corrected chi connectivity index (χ4v) is 2.89. The Hall–Kier alpha value is -0.660. The number of amides is 1. The van der Waals surface area contributed by atoms with Crippen LogP contribution in [0.25, 0.3) is 0 Å². The van der Waals surface area contributed by atoms with E-state index < -0.39 is 15.9 Å². The van der Waals surface area contributed by atoms with E-state index in [2.05, 4.69) is 0 Å². The monoisotopic (exact) mass is 292 g/mol. The van der Waals surface area contributed by atoms with Crippen molar-refractivity contribution in [3.63, 3.8) is 0 Å². The fourth-order valence-electron chi connectivity index (χ4n) is 2.21. The quantitative estimate of drug-likeness (QED) is 0.731. The Morgan fingerprint density at radius 3 is 2.79 bits per heavy atom. The lowest BCUT2D eigenvalue weighted by Gasteiger charge is -2.34. The average molecular weight is 292 g/mol. The van der Waals surface area contributed by atoms with Crippen LogP contribution in [0, 0.1) is 0 Å². The molecule has 112 valence electrons. The first-order valence-electron chi connectivity index (χ1n) is 6.67. The molecule has 1 saturated heterocycles. The molecule has 1 rings (SSSR count). The van der Waals surface area contributed by atoms with Gasteiger partial charge in [0.05, 0.1) is 17.9 Å². The Kier molecular flexibility index (Phi) is 6.22. The van der Waals surface area contributed by atoms with Crippen LogP contribution in [0.3, 0.4) is 0 Å². The van der Waals surface area contributed by atoms with Crippen molar-refractivity contribution < 1.29 is 17.9 Å². The maximum Gasteiger partial charge on any atom is 0.239 e. The molecule has 1 aliphatic rings. The summed E-state index contributed by atoms with van der Waals surface area (Å²) in [7, 11) is -3.08. The Balaban J connectivity index is 2.47. The summed E-state index contributed by atoms with van der Waals surface area (Å²) >= 11 is 0. The van der Waals surface area contributed by atoms with Gasteiger partial charge in [-0.25, -0.2) is 8.42 Å². The Labute approximate surface area is 115 Å². The van der Waals surface area contributed by atoms with Gasteiger partial charge in [-0.05, 0) is 26.2 Å². The number of sulfone groups is 1.